The smallest absolute Gasteiger partial charge is 0.331 e. The summed E-state index contributed by atoms with van der Waals surface area (Å²) < 4.78 is 5.18. The zero-order valence-electron chi connectivity index (χ0n) is 14.5. The van der Waals surface area contributed by atoms with Gasteiger partial charge in [-0.2, -0.15) is 0 Å². The van der Waals surface area contributed by atoms with Crippen LogP contribution in [-0.4, -0.2) is 29.4 Å². The van der Waals surface area contributed by atoms with Crippen molar-refractivity contribution in [3.05, 3.63) is 35.9 Å². The summed E-state index contributed by atoms with van der Waals surface area (Å²) in [7, 11) is 0. The van der Waals surface area contributed by atoms with Gasteiger partial charge in [0.1, 0.15) is 5.54 Å². The van der Waals surface area contributed by atoms with Crippen LogP contribution in [0, 0.1) is 0 Å². The molecule has 6 heteroatoms. The van der Waals surface area contributed by atoms with E-state index in [0.29, 0.717) is 11.4 Å². The number of nitrogens with zero attached hydrogens (tertiary/aromatic N) is 1. The van der Waals surface area contributed by atoms with Gasteiger partial charge >= 0.3 is 5.97 Å². The van der Waals surface area contributed by atoms with Crippen LogP contribution in [0.4, 0.5) is 11.4 Å². The van der Waals surface area contributed by atoms with Crippen LogP contribution in [-0.2, 0) is 19.1 Å². The zero-order chi connectivity index (χ0) is 18.1. The minimum Gasteiger partial charge on any atom is -0.449 e. The van der Waals surface area contributed by atoms with E-state index in [1.807, 2.05) is 0 Å². The van der Waals surface area contributed by atoms with Crippen molar-refractivity contribution in [3.63, 3.8) is 0 Å². The lowest BCUT2D eigenvalue weighted by atomic mass is 9.95. The molecule has 0 fully saturated rings. The molecule has 6 nitrogen and oxygen atoms in total. The van der Waals surface area contributed by atoms with E-state index >= 15 is 0 Å². The predicted octanol–water partition coefficient (Wildman–Crippen LogP) is 2.65. The summed E-state index contributed by atoms with van der Waals surface area (Å²) >= 11 is 0. The number of hydrogen-bond donors (Lipinski definition) is 1. The summed E-state index contributed by atoms with van der Waals surface area (Å²) in [6, 6.07) is 7.03. The van der Waals surface area contributed by atoms with Crippen molar-refractivity contribution in [2.24, 2.45) is 0 Å². The van der Waals surface area contributed by atoms with Gasteiger partial charge in [0.25, 0.3) is 5.91 Å². The summed E-state index contributed by atoms with van der Waals surface area (Å²) in [5.41, 5.74) is 0.820. The van der Waals surface area contributed by atoms with Crippen LogP contribution >= 0.6 is 0 Å². The third-order valence-corrected chi connectivity index (χ3v) is 3.78. The highest BCUT2D eigenvalue weighted by atomic mass is 16.5. The second-order valence-corrected chi connectivity index (χ2v) is 6.50. The maximum atomic E-state index is 12.9. The molecule has 1 aromatic rings. The second kappa shape index (κ2) is 6.47. The number of amides is 2. The standard InChI is InChI=1S/C18H22N2O4/c1-11(2)10-15(21)24-12(3)16(22)20-14-9-7-6-8-13(14)19-17(23)18(20,4)5/h6-10,12H,1-5H3,(H,19,23)/t12-/m1/s1. The molecule has 1 aromatic carbocycles. The summed E-state index contributed by atoms with van der Waals surface area (Å²) in [5, 5.41) is 2.79. The van der Waals surface area contributed by atoms with Gasteiger partial charge in [-0.15, -0.1) is 0 Å². The number of anilines is 2. The number of rotatable bonds is 3. The monoisotopic (exact) mass is 330 g/mol. The minimum atomic E-state index is -1.09. The van der Waals surface area contributed by atoms with Crippen molar-refractivity contribution < 1.29 is 19.1 Å². The zero-order valence-corrected chi connectivity index (χ0v) is 14.5. The largest absolute Gasteiger partial charge is 0.449 e. The molecular formula is C18H22N2O4. The molecule has 0 saturated heterocycles. The quantitative estimate of drug-likeness (QED) is 0.683. The van der Waals surface area contributed by atoms with Crippen molar-refractivity contribution in [1.29, 1.82) is 0 Å². The average molecular weight is 330 g/mol. The Bertz CT molecular complexity index is 717. The van der Waals surface area contributed by atoms with Crippen LogP contribution in [0.1, 0.15) is 34.6 Å². The Morgan fingerprint density at radius 3 is 2.50 bits per heavy atom. The van der Waals surface area contributed by atoms with E-state index in [-0.39, 0.29) is 5.91 Å². The van der Waals surface area contributed by atoms with E-state index in [1.165, 1.54) is 17.9 Å². The Labute approximate surface area is 141 Å². The molecule has 0 aliphatic carbocycles. The lowest BCUT2D eigenvalue weighted by molar-refractivity contribution is -0.149. The molecule has 1 heterocycles. The molecule has 24 heavy (non-hydrogen) atoms. The fraction of sp³-hybridized carbons (Fsp3) is 0.389. The van der Waals surface area contributed by atoms with Gasteiger partial charge in [-0.1, -0.05) is 17.7 Å². The summed E-state index contributed by atoms with van der Waals surface area (Å²) in [5.74, 6) is -1.32. The van der Waals surface area contributed by atoms with Gasteiger partial charge in [-0.05, 0) is 46.8 Å². The Morgan fingerprint density at radius 2 is 1.88 bits per heavy atom. The van der Waals surface area contributed by atoms with Gasteiger partial charge in [0, 0.05) is 6.08 Å². The number of benzene rings is 1. The number of esters is 1. The van der Waals surface area contributed by atoms with Crippen LogP contribution in [0.15, 0.2) is 35.9 Å². The molecule has 2 amide bonds. The highest BCUT2D eigenvalue weighted by Crippen LogP contribution is 2.37. The highest BCUT2D eigenvalue weighted by Gasteiger charge is 2.45. The number of para-hydroxylation sites is 2. The van der Waals surface area contributed by atoms with Crippen LogP contribution in [0.25, 0.3) is 0 Å². The number of fused-ring (bicyclic) bond motifs is 1. The Hall–Kier alpha value is -2.63. The van der Waals surface area contributed by atoms with Gasteiger partial charge in [-0.25, -0.2) is 4.79 Å². The van der Waals surface area contributed by atoms with E-state index in [2.05, 4.69) is 5.32 Å². The summed E-state index contributed by atoms with van der Waals surface area (Å²) in [6.45, 7) is 8.34. The van der Waals surface area contributed by atoms with Crippen molar-refractivity contribution >= 4 is 29.2 Å². The van der Waals surface area contributed by atoms with E-state index < -0.39 is 23.5 Å². The molecule has 1 N–H and O–H groups in total. The molecule has 0 saturated carbocycles. The van der Waals surface area contributed by atoms with Crippen molar-refractivity contribution in [2.45, 2.75) is 46.3 Å². The topological polar surface area (TPSA) is 75.7 Å². The maximum Gasteiger partial charge on any atom is 0.331 e. The maximum absolute atomic E-state index is 12.9. The summed E-state index contributed by atoms with van der Waals surface area (Å²) in [6.07, 6.45) is 0.317. The average Bonchev–Trinajstić information content (AvgIpc) is 2.46. The molecule has 1 aliphatic heterocycles. The van der Waals surface area contributed by atoms with E-state index in [4.69, 9.17) is 4.74 Å². The number of carbonyl (C=O) groups is 3. The normalized spacial score (nSPS) is 16.5. The Kier molecular flexibility index (Phi) is 4.78. The SMILES string of the molecule is CC(C)=CC(=O)O[C@H](C)C(=O)N1c2ccccc2NC(=O)C1(C)C. The first-order valence-electron chi connectivity index (χ1n) is 7.74. The molecule has 128 valence electrons. The summed E-state index contributed by atoms with van der Waals surface area (Å²) in [4.78, 5) is 38.4. The number of allylic oxidation sites excluding steroid dienone is 1. The van der Waals surface area contributed by atoms with Crippen molar-refractivity contribution in [1.82, 2.24) is 0 Å². The molecule has 0 aromatic heterocycles. The number of carbonyl (C=O) groups excluding carboxylic acids is 3. The number of nitrogens with one attached hydrogen (secondary N) is 1. The number of hydrogen-bond acceptors (Lipinski definition) is 4. The van der Waals surface area contributed by atoms with Crippen LogP contribution in [0.3, 0.4) is 0 Å². The van der Waals surface area contributed by atoms with Crippen molar-refractivity contribution in [2.75, 3.05) is 10.2 Å². The van der Waals surface area contributed by atoms with E-state index in [0.717, 1.165) is 5.57 Å². The molecule has 0 radical (unpaired) electrons. The van der Waals surface area contributed by atoms with Crippen LogP contribution < -0.4 is 10.2 Å². The first-order valence-corrected chi connectivity index (χ1v) is 7.74. The lowest BCUT2D eigenvalue weighted by Crippen LogP contribution is -2.60. The molecule has 0 bridgehead atoms. The molecule has 0 spiro atoms. The molecule has 1 aliphatic rings. The third-order valence-electron chi connectivity index (χ3n) is 3.78. The van der Waals surface area contributed by atoms with E-state index in [1.54, 1.807) is 52.0 Å². The van der Waals surface area contributed by atoms with Gasteiger partial charge in [0.15, 0.2) is 6.10 Å². The van der Waals surface area contributed by atoms with Gasteiger partial charge < -0.3 is 10.1 Å². The van der Waals surface area contributed by atoms with Crippen LogP contribution in [0.2, 0.25) is 0 Å². The second-order valence-electron chi connectivity index (χ2n) is 6.50. The first-order chi connectivity index (χ1) is 11.1. The lowest BCUT2D eigenvalue weighted by Gasteiger charge is -2.42. The fourth-order valence-electron chi connectivity index (χ4n) is 2.52. The molecular weight excluding hydrogens is 308 g/mol. The van der Waals surface area contributed by atoms with Crippen LogP contribution in [0.5, 0.6) is 0 Å². The highest BCUT2D eigenvalue weighted by molar-refractivity contribution is 6.15. The first kappa shape index (κ1) is 17.7. The van der Waals surface area contributed by atoms with Gasteiger partial charge in [0.05, 0.1) is 11.4 Å². The van der Waals surface area contributed by atoms with Gasteiger partial charge in [0.2, 0.25) is 5.91 Å². The Morgan fingerprint density at radius 1 is 1.25 bits per heavy atom. The fourth-order valence-corrected chi connectivity index (χ4v) is 2.52. The van der Waals surface area contributed by atoms with Gasteiger partial charge in [-0.3, -0.25) is 14.5 Å². The predicted molar refractivity (Wildman–Crippen MR) is 91.6 cm³/mol. The third kappa shape index (κ3) is 3.32. The Balaban J connectivity index is 2.34. The van der Waals surface area contributed by atoms with Crippen molar-refractivity contribution in [3.8, 4) is 0 Å². The van der Waals surface area contributed by atoms with E-state index in [9.17, 15) is 14.4 Å². The molecule has 0 unspecified atom stereocenters. The number of ether oxygens (including phenoxy) is 1. The molecule has 1 atom stereocenters. The minimum absolute atomic E-state index is 0.294. The molecule has 2 rings (SSSR count).